The molecule has 8 nitrogen and oxygen atoms in total. The van der Waals surface area contributed by atoms with Crippen LogP contribution in [0.2, 0.25) is 0 Å². The third-order valence-electron chi connectivity index (χ3n) is 6.61. The number of nitrogens with zero attached hydrogens (tertiary/aromatic N) is 5. The summed E-state index contributed by atoms with van der Waals surface area (Å²) in [6.07, 6.45) is 10.1. The standard InChI is InChI=1S/C25H27N5O3/c31-25-29-11-13-33-22-15-19(32-12-5-10-28-8-2-1-3-9-28)14-20-23(22)24(29)21(17-27-20)30(25)18-6-4-7-26-16-18/h4,6-7,14-17H,1-3,5,8-13H2. The first-order valence-electron chi connectivity index (χ1n) is 11.8. The summed E-state index contributed by atoms with van der Waals surface area (Å²) in [6.45, 7) is 5.02. The maximum Gasteiger partial charge on any atom is 0.333 e. The molecule has 170 valence electrons. The maximum absolute atomic E-state index is 13.3. The second-order valence-corrected chi connectivity index (χ2v) is 8.74. The predicted octanol–water partition coefficient (Wildman–Crippen LogP) is 3.38. The molecule has 3 aromatic heterocycles. The van der Waals surface area contributed by atoms with E-state index < -0.39 is 0 Å². The minimum Gasteiger partial charge on any atom is -0.493 e. The Morgan fingerprint density at radius 3 is 2.85 bits per heavy atom. The zero-order valence-corrected chi connectivity index (χ0v) is 18.6. The van der Waals surface area contributed by atoms with E-state index in [-0.39, 0.29) is 5.69 Å². The Labute approximate surface area is 191 Å². The van der Waals surface area contributed by atoms with Gasteiger partial charge in [0.25, 0.3) is 0 Å². The highest BCUT2D eigenvalue weighted by molar-refractivity contribution is 6.07. The van der Waals surface area contributed by atoms with Gasteiger partial charge >= 0.3 is 5.69 Å². The van der Waals surface area contributed by atoms with Crippen LogP contribution in [0.1, 0.15) is 25.7 Å². The van der Waals surface area contributed by atoms with Crippen molar-refractivity contribution in [1.82, 2.24) is 24.0 Å². The molecular formula is C25H27N5O3. The Kier molecular flexibility index (Phi) is 5.22. The molecule has 0 unspecified atom stereocenters. The van der Waals surface area contributed by atoms with Crippen LogP contribution in [0.15, 0.2) is 47.7 Å². The molecule has 1 saturated heterocycles. The van der Waals surface area contributed by atoms with Crippen molar-refractivity contribution in [2.24, 2.45) is 0 Å². The van der Waals surface area contributed by atoms with Gasteiger partial charge in [0.2, 0.25) is 0 Å². The van der Waals surface area contributed by atoms with Gasteiger partial charge in [0, 0.05) is 24.9 Å². The number of benzene rings is 1. The molecule has 2 aliphatic heterocycles. The van der Waals surface area contributed by atoms with E-state index in [2.05, 4.69) is 14.9 Å². The number of hydrogen-bond donors (Lipinski definition) is 0. The van der Waals surface area contributed by atoms with Crippen molar-refractivity contribution in [1.29, 1.82) is 0 Å². The largest absolute Gasteiger partial charge is 0.493 e. The lowest BCUT2D eigenvalue weighted by Gasteiger charge is -2.26. The molecule has 33 heavy (non-hydrogen) atoms. The fourth-order valence-electron chi connectivity index (χ4n) is 5.04. The maximum atomic E-state index is 13.3. The number of hydrogen-bond acceptors (Lipinski definition) is 6. The Morgan fingerprint density at radius 2 is 2.00 bits per heavy atom. The molecule has 5 heterocycles. The third-order valence-corrected chi connectivity index (χ3v) is 6.61. The minimum atomic E-state index is -0.109. The monoisotopic (exact) mass is 445 g/mol. The van der Waals surface area contributed by atoms with Crippen molar-refractivity contribution >= 4 is 21.9 Å². The van der Waals surface area contributed by atoms with Crippen LogP contribution in [0, 0.1) is 0 Å². The molecule has 0 bridgehead atoms. The SMILES string of the molecule is O=c1n2c3c4c(cc(OCCCN5CCCCC5)cc4ncc3n1-c1cccnc1)OCC2. The molecule has 1 aromatic carbocycles. The molecule has 0 atom stereocenters. The van der Waals surface area contributed by atoms with E-state index in [0.717, 1.165) is 46.3 Å². The van der Waals surface area contributed by atoms with Crippen molar-refractivity contribution in [3.8, 4) is 17.2 Å². The van der Waals surface area contributed by atoms with Gasteiger partial charge in [-0.1, -0.05) is 6.42 Å². The minimum absolute atomic E-state index is 0.109. The first-order valence-corrected chi connectivity index (χ1v) is 11.8. The number of rotatable bonds is 6. The summed E-state index contributed by atoms with van der Waals surface area (Å²) in [6, 6.07) is 7.59. The molecule has 0 radical (unpaired) electrons. The van der Waals surface area contributed by atoms with E-state index in [1.165, 1.54) is 32.4 Å². The summed E-state index contributed by atoms with van der Waals surface area (Å²) in [4.78, 5) is 24.7. The number of aromatic nitrogens is 4. The number of pyridine rings is 2. The van der Waals surface area contributed by atoms with Crippen LogP contribution in [0.25, 0.3) is 27.6 Å². The fourth-order valence-corrected chi connectivity index (χ4v) is 5.04. The molecule has 0 amide bonds. The molecule has 8 heteroatoms. The second kappa shape index (κ2) is 8.51. The van der Waals surface area contributed by atoms with Crippen LogP contribution in [0.5, 0.6) is 11.5 Å². The fraction of sp³-hybridized carbons (Fsp3) is 0.400. The van der Waals surface area contributed by atoms with E-state index >= 15 is 0 Å². The number of ether oxygens (including phenoxy) is 2. The summed E-state index contributed by atoms with van der Waals surface area (Å²) >= 11 is 0. The Morgan fingerprint density at radius 1 is 1.09 bits per heavy atom. The summed E-state index contributed by atoms with van der Waals surface area (Å²) in [7, 11) is 0. The third kappa shape index (κ3) is 3.64. The highest BCUT2D eigenvalue weighted by Crippen LogP contribution is 2.37. The summed E-state index contributed by atoms with van der Waals surface area (Å²) < 4.78 is 15.6. The van der Waals surface area contributed by atoms with Gasteiger partial charge in [0.05, 0.1) is 53.2 Å². The van der Waals surface area contributed by atoms with Gasteiger partial charge in [-0.15, -0.1) is 0 Å². The van der Waals surface area contributed by atoms with Gasteiger partial charge < -0.3 is 14.4 Å². The van der Waals surface area contributed by atoms with Crippen LogP contribution in [-0.2, 0) is 6.54 Å². The van der Waals surface area contributed by atoms with Crippen molar-refractivity contribution in [3.05, 3.63) is 53.3 Å². The second-order valence-electron chi connectivity index (χ2n) is 8.74. The van der Waals surface area contributed by atoms with Gasteiger partial charge in [0.1, 0.15) is 18.1 Å². The molecule has 0 N–H and O–H groups in total. The van der Waals surface area contributed by atoms with Crippen molar-refractivity contribution in [2.45, 2.75) is 32.2 Å². The predicted molar refractivity (Wildman–Crippen MR) is 127 cm³/mol. The lowest BCUT2D eigenvalue weighted by Crippen LogP contribution is -2.31. The summed E-state index contributed by atoms with van der Waals surface area (Å²) in [5, 5.41) is 0.852. The van der Waals surface area contributed by atoms with E-state index in [4.69, 9.17) is 9.47 Å². The molecule has 1 fully saturated rings. The molecule has 0 spiro atoms. The molecule has 2 aliphatic rings. The number of likely N-dealkylation sites (tertiary alicyclic amines) is 1. The first kappa shape index (κ1) is 20.2. The zero-order valence-electron chi connectivity index (χ0n) is 18.6. The lowest BCUT2D eigenvalue weighted by molar-refractivity contribution is 0.204. The highest BCUT2D eigenvalue weighted by Gasteiger charge is 2.23. The van der Waals surface area contributed by atoms with Gasteiger partial charge in [-0.2, -0.15) is 0 Å². The Bertz CT molecular complexity index is 1360. The number of piperidine rings is 1. The summed E-state index contributed by atoms with van der Waals surface area (Å²) in [5.41, 5.74) is 2.98. The normalized spacial score (nSPS) is 16.2. The van der Waals surface area contributed by atoms with Crippen LogP contribution < -0.4 is 15.2 Å². The Balaban J connectivity index is 1.34. The van der Waals surface area contributed by atoms with Gasteiger partial charge in [-0.05, 0) is 44.5 Å². The smallest absolute Gasteiger partial charge is 0.333 e. The van der Waals surface area contributed by atoms with Crippen LogP contribution in [0.3, 0.4) is 0 Å². The van der Waals surface area contributed by atoms with Gasteiger partial charge in [-0.25, -0.2) is 4.79 Å². The van der Waals surface area contributed by atoms with E-state index in [9.17, 15) is 4.79 Å². The van der Waals surface area contributed by atoms with Crippen LogP contribution >= 0.6 is 0 Å². The quantitative estimate of drug-likeness (QED) is 0.424. The highest BCUT2D eigenvalue weighted by atomic mass is 16.5. The van der Waals surface area contributed by atoms with Crippen LogP contribution in [0.4, 0.5) is 0 Å². The van der Waals surface area contributed by atoms with Crippen LogP contribution in [-0.4, -0.2) is 56.9 Å². The van der Waals surface area contributed by atoms with E-state index in [1.807, 2.05) is 24.3 Å². The average Bonchev–Trinajstić information content (AvgIpc) is 3.00. The van der Waals surface area contributed by atoms with Crippen molar-refractivity contribution in [2.75, 3.05) is 32.8 Å². The topological polar surface area (TPSA) is 74.4 Å². The zero-order chi connectivity index (χ0) is 22.2. The average molecular weight is 446 g/mol. The molecule has 0 saturated carbocycles. The molecule has 0 aliphatic carbocycles. The van der Waals surface area contributed by atoms with E-state index in [1.54, 1.807) is 27.7 Å². The lowest BCUT2D eigenvalue weighted by atomic mass is 10.1. The van der Waals surface area contributed by atoms with Gasteiger partial charge in [-0.3, -0.25) is 19.1 Å². The Hall–Kier alpha value is -3.39. The van der Waals surface area contributed by atoms with E-state index in [0.29, 0.717) is 25.5 Å². The van der Waals surface area contributed by atoms with Crippen molar-refractivity contribution in [3.63, 3.8) is 0 Å². The summed E-state index contributed by atoms with van der Waals surface area (Å²) in [5.74, 6) is 1.47. The first-order chi connectivity index (χ1) is 16.3. The van der Waals surface area contributed by atoms with Crippen molar-refractivity contribution < 1.29 is 9.47 Å². The van der Waals surface area contributed by atoms with Gasteiger partial charge in [0.15, 0.2) is 0 Å². The molecular weight excluding hydrogens is 418 g/mol. The number of imidazole rings is 1. The molecule has 6 rings (SSSR count). The molecule has 4 aromatic rings.